The highest BCUT2D eigenvalue weighted by atomic mass is 15.1. The molecule has 0 fully saturated rings. The standard InChI is InChI=1S/C44H83N/c1-7-11-13-14-15-16-17-18-19-20-21-25-28-32-38-44(41-43(6)37-34-40-45(9-3)10-4)39-33-29-26-23-22-24-27-31-36-42(5)35-30-12-8-2/h14-17,31,36,42,44H,6-13,18-30,32-35,37-41H2,1-5H3/b15-14+,17-16+,36-31+. The average molecular weight is 626 g/mol. The van der Waals surface area contributed by atoms with Crippen molar-refractivity contribution in [3.05, 3.63) is 48.6 Å². The van der Waals surface area contributed by atoms with Crippen LogP contribution in [0.3, 0.4) is 0 Å². The van der Waals surface area contributed by atoms with E-state index in [1.165, 1.54) is 192 Å². The summed E-state index contributed by atoms with van der Waals surface area (Å²) in [6.45, 7) is 19.6. The van der Waals surface area contributed by atoms with Crippen molar-refractivity contribution in [2.75, 3.05) is 19.6 Å². The van der Waals surface area contributed by atoms with Crippen LogP contribution in [-0.2, 0) is 0 Å². The van der Waals surface area contributed by atoms with Gasteiger partial charge in [0.15, 0.2) is 0 Å². The minimum atomic E-state index is 0.767. The lowest BCUT2D eigenvalue weighted by atomic mass is 9.88. The summed E-state index contributed by atoms with van der Waals surface area (Å²) in [5.74, 6) is 1.63. The Balaban J connectivity index is 4.19. The predicted octanol–water partition coefficient (Wildman–Crippen LogP) is 15.0. The van der Waals surface area contributed by atoms with Crippen LogP contribution in [0.2, 0.25) is 0 Å². The fourth-order valence-corrected chi connectivity index (χ4v) is 6.57. The first-order valence-corrected chi connectivity index (χ1v) is 20.4. The highest BCUT2D eigenvalue weighted by Gasteiger charge is 2.11. The molecule has 0 aromatic rings. The molecule has 0 aliphatic heterocycles. The molecule has 0 saturated heterocycles. The Hall–Kier alpha value is -1.08. The molecule has 45 heavy (non-hydrogen) atoms. The van der Waals surface area contributed by atoms with Crippen LogP contribution in [0.15, 0.2) is 48.6 Å². The van der Waals surface area contributed by atoms with Crippen molar-refractivity contribution < 1.29 is 0 Å². The summed E-state index contributed by atoms with van der Waals surface area (Å²) in [4.78, 5) is 2.55. The second kappa shape index (κ2) is 35.8. The van der Waals surface area contributed by atoms with E-state index >= 15 is 0 Å². The second-order valence-electron chi connectivity index (χ2n) is 14.2. The quantitative estimate of drug-likeness (QED) is 0.0385. The molecule has 0 amide bonds. The van der Waals surface area contributed by atoms with E-state index in [1.807, 2.05) is 0 Å². The maximum atomic E-state index is 4.55. The zero-order chi connectivity index (χ0) is 33.1. The Morgan fingerprint density at radius 3 is 1.60 bits per heavy atom. The second-order valence-corrected chi connectivity index (χ2v) is 14.2. The van der Waals surface area contributed by atoms with Crippen molar-refractivity contribution in [2.24, 2.45) is 11.8 Å². The minimum absolute atomic E-state index is 0.767. The number of nitrogens with zero attached hydrogens (tertiary/aromatic N) is 1. The molecule has 0 aromatic carbocycles. The van der Waals surface area contributed by atoms with Crippen molar-refractivity contribution >= 4 is 0 Å². The number of hydrogen-bond acceptors (Lipinski definition) is 1. The Bertz CT molecular complexity index is 681. The van der Waals surface area contributed by atoms with Gasteiger partial charge in [0.25, 0.3) is 0 Å². The van der Waals surface area contributed by atoms with E-state index in [2.05, 4.69) is 82.6 Å². The van der Waals surface area contributed by atoms with Crippen LogP contribution in [0.5, 0.6) is 0 Å². The third kappa shape index (κ3) is 32.6. The van der Waals surface area contributed by atoms with E-state index in [4.69, 9.17) is 0 Å². The third-order valence-electron chi connectivity index (χ3n) is 9.78. The average Bonchev–Trinajstić information content (AvgIpc) is 3.04. The minimum Gasteiger partial charge on any atom is -0.304 e. The molecule has 1 nitrogen and oxygen atoms in total. The summed E-state index contributed by atoms with van der Waals surface area (Å²) < 4.78 is 0. The van der Waals surface area contributed by atoms with Gasteiger partial charge in [-0.2, -0.15) is 0 Å². The molecule has 0 aromatic heterocycles. The van der Waals surface area contributed by atoms with Crippen LogP contribution in [0.25, 0.3) is 0 Å². The molecular formula is C44H83N. The molecule has 0 N–H and O–H groups in total. The first-order valence-electron chi connectivity index (χ1n) is 20.4. The molecule has 264 valence electrons. The first-order chi connectivity index (χ1) is 22.1. The summed E-state index contributed by atoms with van der Waals surface area (Å²) in [6.07, 6.45) is 49.5. The largest absolute Gasteiger partial charge is 0.304 e. The summed E-state index contributed by atoms with van der Waals surface area (Å²) in [7, 11) is 0. The number of hydrogen-bond donors (Lipinski definition) is 0. The van der Waals surface area contributed by atoms with Gasteiger partial charge in [-0.05, 0) is 89.3 Å². The lowest BCUT2D eigenvalue weighted by Gasteiger charge is -2.20. The van der Waals surface area contributed by atoms with Gasteiger partial charge in [-0.3, -0.25) is 0 Å². The monoisotopic (exact) mass is 626 g/mol. The predicted molar refractivity (Wildman–Crippen MR) is 208 cm³/mol. The number of allylic oxidation sites excluding steroid dienone is 7. The van der Waals surface area contributed by atoms with Gasteiger partial charge in [0, 0.05) is 0 Å². The molecule has 0 aliphatic rings. The van der Waals surface area contributed by atoms with E-state index in [9.17, 15) is 0 Å². The van der Waals surface area contributed by atoms with Gasteiger partial charge in [-0.25, -0.2) is 0 Å². The summed E-state index contributed by atoms with van der Waals surface area (Å²) in [5, 5.41) is 0. The smallest absolute Gasteiger partial charge is 0.00159 e. The normalized spacial score (nSPS) is 13.6. The first kappa shape index (κ1) is 43.9. The van der Waals surface area contributed by atoms with Crippen LogP contribution >= 0.6 is 0 Å². The van der Waals surface area contributed by atoms with E-state index in [1.54, 1.807) is 0 Å². The maximum absolute atomic E-state index is 4.55. The zero-order valence-electron chi connectivity index (χ0n) is 31.8. The molecule has 0 heterocycles. The lowest BCUT2D eigenvalue weighted by molar-refractivity contribution is 0.298. The Morgan fingerprint density at radius 2 is 1.04 bits per heavy atom. The lowest BCUT2D eigenvalue weighted by Crippen LogP contribution is -2.24. The van der Waals surface area contributed by atoms with Gasteiger partial charge < -0.3 is 4.90 Å². The number of unbranched alkanes of at least 4 members (excludes halogenated alkanes) is 16. The van der Waals surface area contributed by atoms with Crippen LogP contribution in [0, 0.1) is 11.8 Å². The van der Waals surface area contributed by atoms with Crippen LogP contribution in [-0.4, -0.2) is 24.5 Å². The van der Waals surface area contributed by atoms with E-state index in [-0.39, 0.29) is 0 Å². The van der Waals surface area contributed by atoms with Gasteiger partial charge in [0.05, 0.1) is 0 Å². The van der Waals surface area contributed by atoms with Crippen LogP contribution in [0.4, 0.5) is 0 Å². The SMILES string of the molecule is C=C(CCCN(CC)CC)CC(CCCCCCCC/C=C/C=C/CCCC)CCCCCCCC/C=C/C(C)CCCCC. The molecule has 0 rings (SSSR count). The Labute approximate surface area is 285 Å². The molecule has 0 radical (unpaired) electrons. The van der Waals surface area contributed by atoms with E-state index in [0.717, 1.165) is 11.8 Å². The van der Waals surface area contributed by atoms with E-state index in [0.29, 0.717) is 0 Å². The van der Waals surface area contributed by atoms with Gasteiger partial charge in [0.1, 0.15) is 0 Å². The van der Waals surface area contributed by atoms with Crippen molar-refractivity contribution in [1.29, 1.82) is 0 Å². The molecule has 0 bridgehead atoms. The maximum Gasteiger partial charge on any atom is -0.00159 e. The molecule has 0 spiro atoms. The van der Waals surface area contributed by atoms with Crippen LogP contribution < -0.4 is 0 Å². The highest BCUT2D eigenvalue weighted by Crippen LogP contribution is 2.26. The van der Waals surface area contributed by atoms with E-state index < -0.39 is 0 Å². The summed E-state index contributed by atoms with van der Waals surface area (Å²) in [5.41, 5.74) is 1.52. The number of rotatable bonds is 35. The summed E-state index contributed by atoms with van der Waals surface area (Å²) in [6, 6.07) is 0. The van der Waals surface area contributed by atoms with Gasteiger partial charge in [0.2, 0.25) is 0 Å². The fourth-order valence-electron chi connectivity index (χ4n) is 6.57. The van der Waals surface area contributed by atoms with Crippen LogP contribution in [0.1, 0.15) is 202 Å². The van der Waals surface area contributed by atoms with Gasteiger partial charge in [-0.15, -0.1) is 0 Å². The molecular weight excluding hydrogens is 542 g/mol. The van der Waals surface area contributed by atoms with Gasteiger partial charge >= 0.3 is 0 Å². The fraction of sp³-hybridized carbons (Fsp3) is 0.818. The molecule has 0 saturated carbocycles. The third-order valence-corrected chi connectivity index (χ3v) is 9.78. The topological polar surface area (TPSA) is 3.24 Å². The Kier molecular flexibility index (Phi) is 34.9. The van der Waals surface area contributed by atoms with Crippen molar-refractivity contribution in [2.45, 2.75) is 202 Å². The summed E-state index contributed by atoms with van der Waals surface area (Å²) >= 11 is 0. The van der Waals surface area contributed by atoms with Crippen molar-refractivity contribution in [3.8, 4) is 0 Å². The highest BCUT2D eigenvalue weighted by molar-refractivity contribution is 5.02. The molecule has 2 atom stereocenters. The zero-order valence-corrected chi connectivity index (χ0v) is 31.8. The van der Waals surface area contributed by atoms with Crippen molar-refractivity contribution in [3.63, 3.8) is 0 Å². The Morgan fingerprint density at radius 1 is 0.556 bits per heavy atom. The molecule has 0 aliphatic carbocycles. The molecule has 1 heteroatoms. The van der Waals surface area contributed by atoms with Crippen molar-refractivity contribution in [1.82, 2.24) is 4.90 Å². The van der Waals surface area contributed by atoms with Gasteiger partial charge in [-0.1, -0.05) is 192 Å². The molecule has 2 unspecified atom stereocenters.